The van der Waals surface area contributed by atoms with Crippen molar-refractivity contribution < 1.29 is 4.39 Å². The van der Waals surface area contributed by atoms with Crippen LogP contribution in [0.4, 0.5) is 4.39 Å². The van der Waals surface area contributed by atoms with Crippen molar-refractivity contribution in [2.75, 3.05) is 26.3 Å². The van der Waals surface area contributed by atoms with Crippen LogP contribution < -0.4 is 0 Å². The van der Waals surface area contributed by atoms with Crippen LogP contribution in [0.3, 0.4) is 0 Å². The first-order chi connectivity index (χ1) is 8.24. The highest BCUT2D eigenvalue weighted by Crippen LogP contribution is 2.33. The molecule has 1 aromatic rings. The highest BCUT2D eigenvalue weighted by atomic mass is 79.9. The van der Waals surface area contributed by atoms with Gasteiger partial charge in [0.1, 0.15) is 6.67 Å². The number of hydrogen-bond acceptors (Lipinski definition) is 1. The maximum absolute atomic E-state index is 12.4. The van der Waals surface area contributed by atoms with Crippen LogP contribution in [-0.4, -0.2) is 31.2 Å². The van der Waals surface area contributed by atoms with Gasteiger partial charge in [0.2, 0.25) is 0 Å². The summed E-state index contributed by atoms with van der Waals surface area (Å²) < 4.78 is 13.5. The van der Waals surface area contributed by atoms with Crippen LogP contribution >= 0.6 is 15.9 Å². The molecule has 2 atom stereocenters. The van der Waals surface area contributed by atoms with Gasteiger partial charge in [-0.05, 0) is 23.6 Å². The first kappa shape index (κ1) is 12.8. The molecular formula is C14H17BrFN. The molecule has 0 unspecified atom stereocenters. The lowest BCUT2D eigenvalue weighted by molar-refractivity contribution is 0.291. The lowest BCUT2D eigenvalue weighted by Gasteiger charge is -2.15. The third-order valence-electron chi connectivity index (χ3n) is 3.44. The van der Waals surface area contributed by atoms with Gasteiger partial charge in [-0.25, -0.2) is 4.39 Å². The summed E-state index contributed by atoms with van der Waals surface area (Å²) in [6.07, 6.45) is 2.00. The van der Waals surface area contributed by atoms with E-state index in [0.29, 0.717) is 18.4 Å². The van der Waals surface area contributed by atoms with Gasteiger partial charge in [-0.15, -0.1) is 6.58 Å². The summed E-state index contributed by atoms with van der Waals surface area (Å²) in [5, 5.41) is 0. The number of alkyl halides is 1. The topological polar surface area (TPSA) is 3.24 Å². The van der Waals surface area contributed by atoms with E-state index in [9.17, 15) is 4.39 Å². The quantitative estimate of drug-likeness (QED) is 0.767. The Morgan fingerprint density at radius 2 is 2.06 bits per heavy atom. The fraction of sp³-hybridized carbons (Fsp3) is 0.429. The van der Waals surface area contributed by atoms with Crippen LogP contribution in [0.25, 0.3) is 0 Å². The van der Waals surface area contributed by atoms with Crippen LogP contribution in [0.5, 0.6) is 0 Å². The molecule has 2 rings (SSSR count). The van der Waals surface area contributed by atoms with Crippen molar-refractivity contribution in [3.8, 4) is 0 Å². The van der Waals surface area contributed by atoms with Crippen molar-refractivity contribution in [2.45, 2.75) is 5.92 Å². The molecule has 1 heterocycles. The van der Waals surface area contributed by atoms with Gasteiger partial charge in [0, 0.05) is 30.0 Å². The Morgan fingerprint density at radius 1 is 1.35 bits per heavy atom. The maximum Gasteiger partial charge on any atom is 0.102 e. The Morgan fingerprint density at radius 3 is 2.65 bits per heavy atom. The van der Waals surface area contributed by atoms with Crippen molar-refractivity contribution >= 4 is 15.9 Å². The average Bonchev–Trinajstić information content (AvgIpc) is 2.74. The Hall–Kier alpha value is -0.670. The molecule has 0 bridgehead atoms. The maximum atomic E-state index is 12.4. The first-order valence-electron chi connectivity index (χ1n) is 5.91. The summed E-state index contributed by atoms with van der Waals surface area (Å²) >= 11 is 3.44. The second-order valence-corrected chi connectivity index (χ2v) is 5.42. The van der Waals surface area contributed by atoms with E-state index in [0.717, 1.165) is 17.6 Å². The molecule has 0 amide bonds. The summed E-state index contributed by atoms with van der Waals surface area (Å²) in [6.45, 7) is 6.03. The smallest absolute Gasteiger partial charge is 0.102 e. The number of benzene rings is 1. The van der Waals surface area contributed by atoms with E-state index < -0.39 is 0 Å². The zero-order chi connectivity index (χ0) is 12.3. The standard InChI is InChI=1S/C14H17BrFN/c1-2-11-9-17(8-7-16)10-14(11)12-3-5-13(15)6-4-12/h2-6,11,14H,1,7-10H2/t11-,14-/m1/s1. The lowest BCUT2D eigenvalue weighted by Crippen LogP contribution is -2.23. The molecule has 1 nitrogen and oxygen atoms in total. The Kier molecular flexibility index (Phi) is 4.35. The number of nitrogens with zero attached hydrogens (tertiary/aromatic N) is 1. The van der Waals surface area contributed by atoms with Crippen molar-refractivity contribution in [3.63, 3.8) is 0 Å². The summed E-state index contributed by atoms with van der Waals surface area (Å²) in [7, 11) is 0. The fourth-order valence-corrected chi connectivity index (χ4v) is 2.78. The van der Waals surface area contributed by atoms with Crippen LogP contribution in [0.2, 0.25) is 0 Å². The Balaban J connectivity index is 2.13. The van der Waals surface area contributed by atoms with Crippen LogP contribution in [0.15, 0.2) is 41.4 Å². The van der Waals surface area contributed by atoms with Gasteiger partial charge in [0.25, 0.3) is 0 Å². The number of halogens is 2. The van der Waals surface area contributed by atoms with E-state index in [1.165, 1.54) is 5.56 Å². The van der Waals surface area contributed by atoms with Crippen molar-refractivity contribution in [1.82, 2.24) is 4.90 Å². The van der Waals surface area contributed by atoms with E-state index in [2.05, 4.69) is 51.7 Å². The van der Waals surface area contributed by atoms with E-state index in [-0.39, 0.29) is 6.67 Å². The highest BCUT2D eigenvalue weighted by molar-refractivity contribution is 9.10. The van der Waals surface area contributed by atoms with Crippen molar-refractivity contribution in [1.29, 1.82) is 0 Å². The molecule has 0 aromatic heterocycles. The SMILES string of the molecule is C=C[C@@H]1CN(CCF)C[C@H]1c1ccc(Br)cc1. The minimum atomic E-state index is -0.267. The van der Waals surface area contributed by atoms with Gasteiger partial charge in [0.05, 0.1) is 0 Å². The molecule has 0 spiro atoms. The van der Waals surface area contributed by atoms with Crippen LogP contribution in [0, 0.1) is 5.92 Å². The second kappa shape index (κ2) is 5.78. The second-order valence-electron chi connectivity index (χ2n) is 4.51. The van der Waals surface area contributed by atoms with E-state index in [1.54, 1.807) is 0 Å². The molecule has 0 saturated carbocycles. The van der Waals surface area contributed by atoms with E-state index >= 15 is 0 Å². The van der Waals surface area contributed by atoms with Gasteiger partial charge < -0.3 is 0 Å². The zero-order valence-electron chi connectivity index (χ0n) is 9.78. The molecule has 17 heavy (non-hydrogen) atoms. The number of likely N-dealkylation sites (tertiary alicyclic amines) is 1. The molecule has 0 N–H and O–H groups in total. The summed E-state index contributed by atoms with van der Waals surface area (Å²) in [5.74, 6) is 0.884. The minimum Gasteiger partial charge on any atom is -0.300 e. The van der Waals surface area contributed by atoms with Gasteiger partial charge in [-0.2, -0.15) is 0 Å². The van der Waals surface area contributed by atoms with Crippen molar-refractivity contribution in [2.24, 2.45) is 5.92 Å². The Labute approximate surface area is 110 Å². The molecular weight excluding hydrogens is 281 g/mol. The number of hydrogen-bond donors (Lipinski definition) is 0. The molecule has 1 saturated heterocycles. The largest absolute Gasteiger partial charge is 0.300 e. The third kappa shape index (κ3) is 2.96. The normalized spacial score (nSPS) is 25.1. The van der Waals surface area contributed by atoms with Crippen molar-refractivity contribution in [3.05, 3.63) is 47.0 Å². The van der Waals surface area contributed by atoms with E-state index in [1.807, 2.05) is 6.08 Å². The molecule has 0 radical (unpaired) electrons. The lowest BCUT2D eigenvalue weighted by atomic mass is 9.89. The minimum absolute atomic E-state index is 0.267. The Bertz CT molecular complexity index is 376. The summed E-state index contributed by atoms with van der Waals surface area (Å²) in [4.78, 5) is 2.18. The predicted octanol–water partition coefficient (Wildman–Crippen LogP) is 3.62. The zero-order valence-corrected chi connectivity index (χ0v) is 11.4. The summed E-state index contributed by atoms with van der Waals surface area (Å²) in [6, 6.07) is 8.41. The highest BCUT2D eigenvalue weighted by Gasteiger charge is 2.31. The first-order valence-corrected chi connectivity index (χ1v) is 6.70. The van der Waals surface area contributed by atoms with E-state index in [4.69, 9.17) is 0 Å². The molecule has 92 valence electrons. The van der Waals surface area contributed by atoms with Crippen LogP contribution in [-0.2, 0) is 0 Å². The number of rotatable bonds is 4. The monoisotopic (exact) mass is 297 g/mol. The molecule has 3 heteroatoms. The van der Waals surface area contributed by atoms with Gasteiger partial charge in [-0.1, -0.05) is 34.1 Å². The van der Waals surface area contributed by atoms with Crippen LogP contribution in [0.1, 0.15) is 11.5 Å². The molecule has 1 aliphatic heterocycles. The molecule has 1 aliphatic rings. The molecule has 1 fully saturated rings. The van der Waals surface area contributed by atoms with Gasteiger partial charge >= 0.3 is 0 Å². The summed E-state index contributed by atoms with van der Waals surface area (Å²) in [5.41, 5.74) is 1.32. The average molecular weight is 298 g/mol. The fourth-order valence-electron chi connectivity index (χ4n) is 2.52. The van der Waals surface area contributed by atoms with Gasteiger partial charge in [0.15, 0.2) is 0 Å². The third-order valence-corrected chi connectivity index (χ3v) is 3.97. The molecule has 1 aromatic carbocycles. The molecule has 0 aliphatic carbocycles. The van der Waals surface area contributed by atoms with Gasteiger partial charge in [-0.3, -0.25) is 4.90 Å². The predicted molar refractivity (Wildman–Crippen MR) is 73.0 cm³/mol.